The highest BCUT2D eigenvalue weighted by molar-refractivity contribution is 6.04. The molecule has 0 saturated heterocycles. The minimum atomic E-state index is -0.673. The third-order valence-electron chi connectivity index (χ3n) is 3.80. The third-order valence-corrected chi connectivity index (χ3v) is 3.80. The van der Waals surface area contributed by atoms with Crippen molar-refractivity contribution in [3.05, 3.63) is 59.2 Å². The van der Waals surface area contributed by atoms with Crippen LogP contribution in [0, 0.1) is 11.6 Å². The van der Waals surface area contributed by atoms with E-state index in [0.29, 0.717) is 22.7 Å². The van der Waals surface area contributed by atoms with Gasteiger partial charge in [0.05, 0.1) is 5.69 Å². The molecule has 22 heavy (non-hydrogen) atoms. The van der Waals surface area contributed by atoms with E-state index in [9.17, 15) is 13.6 Å². The Hall–Kier alpha value is -2.49. The maximum absolute atomic E-state index is 13.4. The van der Waals surface area contributed by atoms with Crippen molar-refractivity contribution in [2.24, 2.45) is 0 Å². The molecule has 0 unspecified atom stereocenters. The summed E-state index contributed by atoms with van der Waals surface area (Å²) in [7, 11) is 0. The number of halogens is 2. The van der Waals surface area contributed by atoms with Crippen LogP contribution in [0.25, 0.3) is 22.2 Å². The number of aldehydes is 1. The molecule has 1 aromatic heterocycles. The lowest BCUT2D eigenvalue weighted by molar-refractivity contribution is 0.112. The largest absolute Gasteiger partial charge is 0.354 e. The number of rotatable bonds is 3. The minimum absolute atomic E-state index is 0.321. The van der Waals surface area contributed by atoms with Gasteiger partial charge in [0.25, 0.3) is 0 Å². The Morgan fingerprint density at radius 1 is 1.05 bits per heavy atom. The van der Waals surface area contributed by atoms with E-state index < -0.39 is 11.6 Å². The second kappa shape index (κ2) is 5.37. The van der Waals surface area contributed by atoms with Crippen molar-refractivity contribution in [3.8, 4) is 11.3 Å². The van der Waals surface area contributed by atoms with Crippen molar-refractivity contribution >= 4 is 17.2 Å². The molecule has 0 radical (unpaired) electrons. The SMILES string of the molecule is CC(C)c1ccc2[nH]c(-c3cc(F)cc(F)c3)c(C=O)c2c1. The van der Waals surface area contributed by atoms with E-state index in [-0.39, 0.29) is 0 Å². The summed E-state index contributed by atoms with van der Waals surface area (Å²) in [5.41, 5.74) is 3.05. The average molecular weight is 299 g/mol. The Bertz CT molecular complexity index is 845. The van der Waals surface area contributed by atoms with Gasteiger partial charge >= 0.3 is 0 Å². The first kappa shape index (κ1) is 14.4. The van der Waals surface area contributed by atoms with Gasteiger partial charge in [-0.2, -0.15) is 0 Å². The lowest BCUT2D eigenvalue weighted by Gasteiger charge is -2.04. The van der Waals surface area contributed by atoms with E-state index in [2.05, 4.69) is 18.8 Å². The summed E-state index contributed by atoms with van der Waals surface area (Å²) in [4.78, 5) is 14.6. The first-order valence-electron chi connectivity index (χ1n) is 7.07. The second-order valence-electron chi connectivity index (χ2n) is 5.65. The van der Waals surface area contributed by atoms with Crippen LogP contribution in [0.5, 0.6) is 0 Å². The molecule has 0 aliphatic carbocycles. The molecule has 2 nitrogen and oxygen atoms in total. The van der Waals surface area contributed by atoms with Crippen molar-refractivity contribution in [2.45, 2.75) is 19.8 Å². The fraction of sp³-hybridized carbons (Fsp3) is 0.167. The lowest BCUT2D eigenvalue weighted by atomic mass is 9.99. The fourth-order valence-electron chi connectivity index (χ4n) is 2.64. The number of benzene rings is 2. The van der Waals surface area contributed by atoms with Crippen LogP contribution >= 0.6 is 0 Å². The van der Waals surface area contributed by atoms with E-state index >= 15 is 0 Å². The number of aromatic nitrogens is 1. The molecule has 0 bridgehead atoms. The molecule has 0 aliphatic rings. The monoisotopic (exact) mass is 299 g/mol. The summed E-state index contributed by atoms with van der Waals surface area (Å²) in [5.74, 6) is -1.02. The number of nitrogens with one attached hydrogen (secondary N) is 1. The molecule has 1 N–H and O–H groups in total. The fourth-order valence-corrected chi connectivity index (χ4v) is 2.64. The number of carbonyl (C=O) groups excluding carboxylic acids is 1. The molecule has 3 aromatic rings. The van der Waals surface area contributed by atoms with Gasteiger partial charge in [0, 0.05) is 28.1 Å². The Kier molecular flexibility index (Phi) is 3.53. The van der Waals surface area contributed by atoms with Crippen molar-refractivity contribution < 1.29 is 13.6 Å². The summed E-state index contributed by atoms with van der Waals surface area (Å²) in [6, 6.07) is 9.04. The zero-order valence-corrected chi connectivity index (χ0v) is 12.3. The first-order chi connectivity index (χ1) is 10.5. The standard InChI is InChI=1S/C18H15F2NO/c1-10(2)11-3-4-17-15(7-11)16(9-22)18(21-17)12-5-13(19)8-14(20)6-12/h3-10,21H,1-2H3. The Morgan fingerprint density at radius 3 is 2.32 bits per heavy atom. The van der Waals surface area contributed by atoms with Crippen molar-refractivity contribution in [1.82, 2.24) is 4.98 Å². The van der Waals surface area contributed by atoms with Gasteiger partial charge < -0.3 is 4.98 Å². The van der Waals surface area contributed by atoms with E-state index in [0.717, 1.165) is 28.8 Å². The number of H-pyrrole nitrogens is 1. The molecule has 0 spiro atoms. The minimum Gasteiger partial charge on any atom is -0.354 e. The van der Waals surface area contributed by atoms with Crippen LogP contribution in [0.15, 0.2) is 36.4 Å². The maximum Gasteiger partial charge on any atom is 0.152 e. The van der Waals surface area contributed by atoms with Crippen LogP contribution in [0.4, 0.5) is 8.78 Å². The zero-order chi connectivity index (χ0) is 15.9. The lowest BCUT2D eigenvalue weighted by Crippen LogP contribution is -1.89. The zero-order valence-electron chi connectivity index (χ0n) is 12.3. The average Bonchev–Trinajstić information content (AvgIpc) is 2.83. The Labute approximate surface area is 126 Å². The van der Waals surface area contributed by atoms with Crippen molar-refractivity contribution in [1.29, 1.82) is 0 Å². The molecule has 1 heterocycles. The highest BCUT2D eigenvalue weighted by atomic mass is 19.1. The van der Waals surface area contributed by atoms with Crippen molar-refractivity contribution in [2.75, 3.05) is 0 Å². The van der Waals surface area contributed by atoms with Gasteiger partial charge in [0.15, 0.2) is 6.29 Å². The number of carbonyl (C=O) groups is 1. The molecule has 3 rings (SSSR count). The van der Waals surface area contributed by atoms with Gasteiger partial charge in [0.2, 0.25) is 0 Å². The molecule has 4 heteroatoms. The summed E-state index contributed by atoms with van der Waals surface area (Å²) >= 11 is 0. The highest BCUT2D eigenvalue weighted by Gasteiger charge is 2.15. The molecule has 2 aromatic carbocycles. The van der Waals surface area contributed by atoms with Gasteiger partial charge in [-0.25, -0.2) is 8.78 Å². The summed E-state index contributed by atoms with van der Waals surface area (Å²) in [6.45, 7) is 4.13. The predicted molar refractivity (Wildman–Crippen MR) is 83.1 cm³/mol. The van der Waals surface area contributed by atoms with Crippen molar-refractivity contribution in [3.63, 3.8) is 0 Å². The van der Waals surface area contributed by atoms with Gasteiger partial charge in [-0.15, -0.1) is 0 Å². The second-order valence-corrected chi connectivity index (χ2v) is 5.65. The topological polar surface area (TPSA) is 32.9 Å². The Balaban J connectivity index is 2.27. The molecule has 0 fully saturated rings. The van der Waals surface area contributed by atoms with Crippen LogP contribution in [0.3, 0.4) is 0 Å². The summed E-state index contributed by atoms with van der Waals surface area (Å²) in [5, 5.41) is 0.765. The molecule has 0 saturated carbocycles. The van der Waals surface area contributed by atoms with Crippen LogP contribution < -0.4 is 0 Å². The van der Waals surface area contributed by atoms with Gasteiger partial charge in [0.1, 0.15) is 11.6 Å². The summed E-state index contributed by atoms with van der Waals surface area (Å²) < 4.78 is 26.9. The van der Waals surface area contributed by atoms with E-state index in [1.807, 2.05) is 18.2 Å². The normalized spacial score (nSPS) is 11.3. The predicted octanol–water partition coefficient (Wildman–Crippen LogP) is 5.05. The molecule has 0 amide bonds. The number of hydrogen-bond acceptors (Lipinski definition) is 1. The van der Waals surface area contributed by atoms with E-state index in [1.54, 1.807) is 0 Å². The van der Waals surface area contributed by atoms with Gasteiger partial charge in [-0.1, -0.05) is 19.9 Å². The number of fused-ring (bicyclic) bond motifs is 1. The van der Waals surface area contributed by atoms with E-state index in [4.69, 9.17) is 0 Å². The molecular weight excluding hydrogens is 284 g/mol. The summed E-state index contributed by atoms with van der Waals surface area (Å²) in [6.07, 6.45) is 0.723. The molecule has 0 aliphatic heterocycles. The quantitative estimate of drug-likeness (QED) is 0.674. The van der Waals surface area contributed by atoms with Crippen LogP contribution in [0.1, 0.15) is 35.7 Å². The Morgan fingerprint density at radius 2 is 1.73 bits per heavy atom. The van der Waals surface area contributed by atoms with Crippen LogP contribution in [-0.2, 0) is 0 Å². The van der Waals surface area contributed by atoms with Crippen LogP contribution in [0.2, 0.25) is 0 Å². The maximum atomic E-state index is 13.4. The van der Waals surface area contributed by atoms with Crippen LogP contribution in [-0.4, -0.2) is 11.3 Å². The molecule has 0 atom stereocenters. The third kappa shape index (κ3) is 2.41. The number of aromatic amines is 1. The number of hydrogen-bond donors (Lipinski definition) is 1. The van der Waals surface area contributed by atoms with Gasteiger partial charge in [-0.3, -0.25) is 4.79 Å². The highest BCUT2D eigenvalue weighted by Crippen LogP contribution is 2.31. The molecular formula is C18H15F2NO. The molecule has 112 valence electrons. The smallest absolute Gasteiger partial charge is 0.152 e. The first-order valence-corrected chi connectivity index (χ1v) is 7.07. The van der Waals surface area contributed by atoms with E-state index in [1.165, 1.54) is 12.1 Å². The van der Waals surface area contributed by atoms with Gasteiger partial charge in [-0.05, 0) is 35.7 Å².